The number of rotatable bonds is 5. The fourth-order valence-electron chi connectivity index (χ4n) is 2.72. The molecule has 2 aromatic carbocycles. The molecule has 0 spiro atoms. The Morgan fingerprint density at radius 3 is 2.50 bits per heavy atom. The normalized spacial score (nSPS) is 10.9. The Balaban J connectivity index is 2.22. The molecule has 0 bridgehead atoms. The van der Waals surface area contributed by atoms with Crippen LogP contribution >= 0.6 is 0 Å². The second-order valence-corrected chi connectivity index (χ2v) is 5.70. The van der Waals surface area contributed by atoms with Crippen LogP contribution in [0.5, 0.6) is 0 Å². The van der Waals surface area contributed by atoms with Crippen molar-refractivity contribution in [3.05, 3.63) is 70.3 Å². The van der Waals surface area contributed by atoms with Crippen LogP contribution < -0.4 is 11.3 Å². The molecule has 0 saturated heterocycles. The van der Waals surface area contributed by atoms with Crippen LogP contribution in [0.15, 0.2) is 53.3 Å². The molecule has 0 fully saturated rings. The highest BCUT2D eigenvalue weighted by Gasteiger charge is 2.12. The third kappa shape index (κ3) is 2.93. The first-order valence-corrected chi connectivity index (χ1v) is 8.02. The Hall–Kier alpha value is -2.95. The van der Waals surface area contributed by atoms with Crippen molar-refractivity contribution in [2.24, 2.45) is 5.73 Å². The van der Waals surface area contributed by atoms with E-state index in [2.05, 4.69) is 11.9 Å². The molecule has 0 unspecified atom stereocenters. The molecule has 5 nitrogen and oxygen atoms in total. The molecule has 0 aliphatic rings. The Bertz CT molecular complexity index is 943. The molecule has 0 aliphatic carbocycles. The zero-order chi connectivity index (χ0) is 17.1. The second-order valence-electron chi connectivity index (χ2n) is 5.70. The summed E-state index contributed by atoms with van der Waals surface area (Å²) in [5.41, 5.74) is 6.99. The fraction of sp³-hybridized carbons (Fsp3) is 0.211. The van der Waals surface area contributed by atoms with Gasteiger partial charge in [-0.25, -0.2) is 4.98 Å². The Labute approximate surface area is 139 Å². The summed E-state index contributed by atoms with van der Waals surface area (Å²) < 4.78 is 1.63. The van der Waals surface area contributed by atoms with Crippen LogP contribution in [0.25, 0.3) is 16.6 Å². The van der Waals surface area contributed by atoms with Gasteiger partial charge in [-0.1, -0.05) is 25.5 Å². The van der Waals surface area contributed by atoms with Gasteiger partial charge in [0.25, 0.3) is 5.56 Å². The molecule has 3 aromatic rings. The van der Waals surface area contributed by atoms with Gasteiger partial charge in [0.1, 0.15) is 5.82 Å². The van der Waals surface area contributed by atoms with Gasteiger partial charge in [-0.3, -0.25) is 14.2 Å². The van der Waals surface area contributed by atoms with Crippen molar-refractivity contribution in [3.8, 4) is 5.69 Å². The summed E-state index contributed by atoms with van der Waals surface area (Å²) in [5.74, 6) is 0.240. The second kappa shape index (κ2) is 6.66. The summed E-state index contributed by atoms with van der Waals surface area (Å²) in [7, 11) is 0. The maximum atomic E-state index is 13.0. The van der Waals surface area contributed by atoms with Gasteiger partial charge in [0.05, 0.1) is 16.6 Å². The number of benzene rings is 2. The lowest BCUT2D eigenvalue weighted by molar-refractivity contribution is 0.100. The van der Waals surface area contributed by atoms with E-state index in [0.717, 1.165) is 18.7 Å². The molecule has 24 heavy (non-hydrogen) atoms. The molecule has 1 amide bonds. The molecular formula is C19H19N3O2. The fourth-order valence-corrected chi connectivity index (χ4v) is 2.72. The van der Waals surface area contributed by atoms with Crippen LogP contribution in [0.2, 0.25) is 0 Å². The predicted molar refractivity (Wildman–Crippen MR) is 94.5 cm³/mol. The first-order chi connectivity index (χ1) is 11.6. The minimum Gasteiger partial charge on any atom is -0.366 e. The first-order valence-electron chi connectivity index (χ1n) is 8.02. The lowest BCUT2D eigenvalue weighted by atomic mass is 10.1. The summed E-state index contributed by atoms with van der Waals surface area (Å²) >= 11 is 0. The van der Waals surface area contributed by atoms with Crippen LogP contribution in [0.4, 0.5) is 0 Å². The van der Waals surface area contributed by atoms with Crippen molar-refractivity contribution >= 4 is 16.8 Å². The van der Waals surface area contributed by atoms with Crippen molar-refractivity contribution in [2.45, 2.75) is 26.2 Å². The van der Waals surface area contributed by atoms with E-state index in [4.69, 9.17) is 5.73 Å². The monoisotopic (exact) mass is 321 g/mol. The zero-order valence-electron chi connectivity index (χ0n) is 13.5. The molecule has 3 rings (SSSR count). The topological polar surface area (TPSA) is 78.0 Å². The van der Waals surface area contributed by atoms with Crippen molar-refractivity contribution in [2.75, 3.05) is 0 Å². The molecule has 1 heterocycles. The summed E-state index contributed by atoms with van der Waals surface area (Å²) in [6, 6.07) is 14.1. The lowest BCUT2D eigenvalue weighted by Gasteiger charge is -2.13. The number of unbranched alkanes of at least 4 members (excludes halogenated alkanes) is 1. The number of aromatic nitrogens is 2. The first kappa shape index (κ1) is 15.9. The number of hydrogen-bond donors (Lipinski definition) is 1. The summed E-state index contributed by atoms with van der Waals surface area (Å²) in [6.07, 6.45) is 2.68. The van der Waals surface area contributed by atoms with E-state index in [9.17, 15) is 9.59 Å². The van der Waals surface area contributed by atoms with E-state index in [1.165, 1.54) is 0 Å². The van der Waals surface area contributed by atoms with Crippen LogP contribution in [-0.2, 0) is 6.42 Å². The molecule has 0 saturated carbocycles. The molecule has 0 atom stereocenters. The third-order valence-electron chi connectivity index (χ3n) is 4.01. The van der Waals surface area contributed by atoms with Gasteiger partial charge in [-0.2, -0.15) is 0 Å². The maximum absolute atomic E-state index is 13.0. The summed E-state index contributed by atoms with van der Waals surface area (Å²) in [4.78, 5) is 28.9. The molecular weight excluding hydrogens is 302 g/mol. The van der Waals surface area contributed by atoms with E-state index in [0.29, 0.717) is 28.6 Å². The minimum absolute atomic E-state index is 0.0986. The van der Waals surface area contributed by atoms with Crippen LogP contribution in [0.1, 0.15) is 35.9 Å². The van der Waals surface area contributed by atoms with Crippen LogP contribution in [0.3, 0.4) is 0 Å². The van der Waals surface area contributed by atoms with Crippen LogP contribution in [-0.4, -0.2) is 15.5 Å². The van der Waals surface area contributed by atoms with Gasteiger partial charge in [-0.05, 0) is 42.8 Å². The number of fused-ring (bicyclic) bond motifs is 1. The standard InChI is InChI=1S/C19H19N3O2/c1-2-3-8-17-21-16-7-5-4-6-15(16)19(24)22(17)14-11-9-13(10-12-14)18(20)23/h4-7,9-12H,2-3,8H2,1H3,(H2,20,23). The number of para-hydroxylation sites is 1. The number of carbonyl (C=O) groups excluding carboxylic acids is 1. The number of primary amides is 1. The highest BCUT2D eigenvalue weighted by atomic mass is 16.1. The average molecular weight is 321 g/mol. The Morgan fingerprint density at radius 1 is 1.12 bits per heavy atom. The van der Waals surface area contributed by atoms with Crippen molar-refractivity contribution in [3.63, 3.8) is 0 Å². The third-order valence-corrected chi connectivity index (χ3v) is 4.01. The van der Waals surface area contributed by atoms with E-state index >= 15 is 0 Å². The summed E-state index contributed by atoms with van der Waals surface area (Å²) in [6.45, 7) is 2.10. The number of amides is 1. The van der Waals surface area contributed by atoms with Gasteiger partial charge < -0.3 is 5.73 Å². The highest BCUT2D eigenvalue weighted by molar-refractivity contribution is 5.92. The largest absolute Gasteiger partial charge is 0.366 e. The van der Waals surface area contributed by atoms with Crippen molar-refractivity contribution < 1.29 is 4.79 Å². The maximum Gasteiger partial charge on any atom is 0.265 e. The molecule has 2 N–H and O–H groups in total. The van der Waals surface area contributed by atoms with Gasteiger partial charge in [0.15, 0.2) is 0 Å². The van der Waals surface area contributed by atoms with Gasteiger partial charge in [0.2, 0.25) is 5.91 Å². The molecule has 0 radical (unpaired) electrons. The quantitative estimate of drug-likeness (QED) is 0.785. The Kier molecular flexibility index (Phi) is 4.42. The minimum atomic E-state index is -0.489. The number of nitrogens with zero attached hydrogens (tertiary/aromatic N) is 2. The van der Waals surface area contributed by atoms with Gasteiger partial charge in [0, 0.05) is 12.0 Å². The predicted octanol–water partition coefficient (Wildman–Crippen LogP) is 2.83. The number of nitrogens with two attached hydrogens (primary N) is 1. The van der Waals surface area contributed by atoms with Crippen LogP contribution in [0, 0.1) is 0 Å². The van der Waals surface area contributed by atoms with E-state index in [1.807, 2.05) is 18.2 Å². The van der Waals surface area contributed by atoms with Crippen molar-refractivity contribution in [1.82, 2.24) is 9.55 Å². The number of hydrogen-bond acceptors (Lipinski definition) is 3. The molecule has 1 aromatic heterocycles. The highest BCUT2D eigenvalue weighted by Crippen LogP contribution is 2.15. The molecule has 0 aliphatic heterocycles. The number of carbonyl (C=O) groups is 1. The zero-order valence-corrected chi connectivity index (χ0v) is 13.5. The van der Waals surface area contributed by atoms with Crippen molar-refractivity contribution in [1.29, 1.82) is 0 Å². The smallest absolute Gasteiger partial charge is 0.265 e. The summed E-state index contributed by atoms with van der Waals surface area (Å²) in [5, 5.41) is 0.580. The van der Waals surface area contributed by atoms with E-state index in [1.54, 1.807) is 34.9 Å². The Morgan fingerprint density at radius 2 is 1.83 bits per heavy atom. The number of aryl methyl sites for hydroxylation is 1. The SMILES string of the molecule is CCCCc1nc2ccccc2c(=O)n1-c1ccc(C(N)=O)cc1. The molecule has 5 heteroatoms. The molecule has 122 valence electrons. The average Bonchev–Trinajstić information content (AvgIpc) is 2.60. The van der Waals surface area contributed by atoms with Gasteiger partial charge in [-0.15, -0.1) is 0 Å². The van der Waals surface area contributed by atoms with E-state index < -0.39 is 5.91 Å². The lowest BCUT2D eigenvalue weighted by Crippen LogP contribution is -2.24. The van der Waals surface area contributed by atoms with E-state index in [-0.39, 0.29) is 5.56 Å². The van der Waals surface area contributed by atoms with Gasteiger partial charge >= 0.3 is 0 Å².